The van der Waals surface area contributed by atoms with E-state index >= 15 is 0 Å². The van der Waals surface area contributed by atoms with Crippen molar-refractivity contribution < 1.29 is 19.0 Å². The summed E-state index contributed by atoms with van der Waals surface area (Å²) < 4.78 is 17.2. The molecular weight excluding hydrogens is 368 g/mol. The number of oxime groups is 1. The zero-order valence-electron chi connectivity index (χ0n) is 17.8. The lowest BCUT2D eigenvalue weighted by Gasteiger charge is -2.33. The van der Waals surface area contributed by atoms with Crippen LogP contribution in [-0.2, 0) is 4.84 Å². The van der Waals surface area contributed by atoms with Gasteiger partial charge >= 0.3 is 0 Å². The lowest BCUT2D eigenvalue weighted by atomic mass is 9.86. The molecule has 2 unspecified atom stereocenters. The van der Waals surface area contributed by atoms with Gasteiger partial charge in [-0.3, -0.25) is 0 Å². The fourth-order valence-corrected chi connectivity index (χ4v) is 3.49. The molecule has 0 saturated carbocycles. The number of nitrogens with zero attached hydrogens (tertiary/aromatic N) is 2. The lowest BCUT2D eigenvalue weighted by molar-refractivity contribution is 0.124. The molecule has 0 radical (unpaired) electrons. The first kappa shape index (κ1) is 21.0. The highest BCUT2D eigenvalue weighted by Gasteiger charge is 2.34. The summed E-state index contributed by atoms with van der Waals surface area (Å²) in [6, 6.07) is 13.8. The second-order valence-corrected chi connectivity index (χ2v) is 7.40. The van der Waals surface area contributed by atoms with Crippen LogP contribution in [0.1, 0.15) is 30.6 Å². The Kier molecular flexibility index (Phi) is 6.99. The average Bonchev–Trinajstić information content (AvgIpc) is 2.73. The molecule has 0 saturated heterocycles. The number of hydrogen-bond donors (Lipinski definition) is 0. The van der Waals surface area contributed by atoms with Gasteiger partial charge in [0.1, 0.15) is 18.5 Å². The van der Waals surface area contributed by atoms with Gasteiger partial charge in [-0.2, -0.15) is 0 Å². The Bertz CT molecular complexity index is 851. The molecule has 2 atom stereocenters. The van der Waals surface area contributed by atoms with Crippen LogP contribution in [0.2, 0.25) is 0 Å². The van der Waals surface area contributed by atoms with E-state index in [1.807, 2.05) is 42.5 Å². The molecule has 0 aromatic heterocycles. The van der Waals surface area contributed by atoms with Gasteiger partial charge in [-0.25, -0.2) is 0 Å². The van der Waals surface area contributed by atoms with Crippen LogP contribution in [0.5, 0.6) is 17.2 Å². The molecule has 1 aliphatic rings. The number of rotatable bonds is 8. The lowest BCUT2D eigenvalue weighted by Crippen LogP contribution is -2.30. The molecule has 6 nitrogen and oxygen atoms in total. The van der Waals surface area contributed by atoms with Crippen molar-refractivity contribution in [1.29, 1.82) is 0 Å². The van der Waals surface area contributed by atoms with Gasteiger partial charge in [-0.15, -0.1) is 0 Å². The maximum Gasteiger partial charge on any atom is 0.161 e. The van der Waals surface area contributed by atoms with Crippen molar-refractivity contribution in [3.8, 4) is 17.2 Å². The normalized spacial score (nSPS) is 19.6. The molecule has 2 aromatic carbocycles. The minimum Gasteiger partial charge on any atom is -0.493 e. The predicted octanol–water partition coefficient (Wildman–Crippen LogP) is 4.15. The summed E-state index contributed by atoms with van der Waals surface area (Å²) in [5, 5.41) is 4.52. The van der Waals surface area contributed by atoms with Gasteiger partial charge in [0, 0.05) is 18.0 Å². The van der Waals surface area contributed by atoms with Crippen LogP contribution in [0, 0.1) is 5.92 Å². The van der Waals surface area contributed by atoms with E-state index in [-0.39, 0.29) is 12.0 Å². The molecular formula is C23H30N2O4. The molecule has 0 aliphatic carbocycles. The van der Waals surface area contributed by atoms with Crippen LogP contribution in [0.25, 0.3) is 0 Å². The molecule has 0 fully saturated rings. The van der Waals surface area contributed by atoms with E-state index in [2.05, 4.69) is 31.1 Å². The summed E-state index contributed by atoms with van der Waals surface area (Å²) in [4.78, 5) is 7.81. The molecule has 0 bridgehead atoms. The molecule has 1 aliphatic heterocycles. The Morgan fingerprint density at radius 3 is 2.52 bits per heavy atom. The van der Waals surface area contributed by atoms with Crippen molar-refractivity contribution in [2.45, 2.75) is 19.4 Å². The molecule has 0 N–H and O–H groups in total. The Labute approximate surface area is 173 Å². The minimum atomic E-state index is -0.200. The fraction of sp³-hybridized carbons (Fsp3) is 0.435. The van der Waals surface area contributed by atoms with Crippen molar-refractivity contribution in [2.24, 2.45) is 11.1 Å². The summed E-state index contributed by atoms with van der Waals surface area (Å²) in [6.07, 6.45) is 0.726. The van der Waals surface area contributed by atoms with E-state index in [9.17, 15) is 0 Å². The van der Waals surface area contributed by atoms with Gasteiger partial charge in [0.05, 0.1) is 19.9 Å². The molecule has 0 spiro atoms. The van der Waals surface area contributed by atoms with Crippen LogP contribution in [0.3, 0.4) is 0 Å². The number of hydrogen-bond acceptors (Lipinski definition) is 6. The van der Waals surface area contributed by atoms with Crippen LogP contribution < -0.4 is 14.2 Å². The predicted molar refractivity (Wildman–Crippen MR) is 114 cm³/mol. The van der Waals surface area contributed by atoms with Crippen LogP contribution in [0.15, 0.2) is 47.6 Å². The third-order valence-corrected chi connectivity index (χ3v) is 5.04. The Balaban J connectivity index is 1.87. The van der Waals surface area contributed by atoms with E-state index in [0.717, 1.165) is 35.6 Å². The fourth-order valence-electron chi connectivity index (χ4n) is 3.49. The third kappa shape index (κ3) is 4.82. The van der Waals surface area contributed by atoms with Crippen LogP contribution in [0.4, 0.5) is 0 Å². The number of ether oxygens (including phenoxy) is 3. The third-order valence-electron chi connectivity index (χ3n) is 5.04. The second-order valence-electron chi connectivity index (χ2n) is 7.40. The molecule has 3 rings (SSSR count). The van der Waals surface area contributed by atoms with Crippen molar-refractivity contribution in [3.63, 3.8) is 0 Å². The zero-order valence-corrected chi connectivity index (χ0v) is 17.8. The maximum absolute atomic E-state index is 6.35. The monoisotopic (exact) mass is 398 g/mol. The highest BCUT2D eigenvalue weighted by molar-refractivity contribution is 6.05. The largest absolute Gasteiger partial charge is 0.493 e. The highest BCUT2D eigenvalue weighted by atomic mass is 16.6. The van der Waals surface area contributed by atoms with Gasteiger partial charge in [0.2, 0.25) is 0 Å². The van der Waals surface area contributed by atoms with E-state index in [4.69, 9.17) is 19.0 Å². The van der Waals surface area contributed by atoms with Gasteiger partial charge in [0.15, 0.2) is 11.5 Å². The topological polar surface area (TPSA) is 52.5 Å². The van der Waals surface area contributed by atoms with Crippen molar-refractivity contribution in [2.75, 3.05) is 41.5 Å². The van der Waals surface area contributed by atoms with Gasteiger partial charge < -0.3 is 23.9 Å². The van der Waals surface area contributed by atoms with Gasteiger partial charge in [0.25, 0.3) is 0 Å². The van der Waals surface area contributed by atoms with Crippen molar-refractivity contribution in [1.82, 2.24) is 4.90 Å². The van der Waals surface area contributed by atoms with Crippen LogP contribution in [-0.4, -0.2) is 52.1 Å². The van der Waals surface area contributed by atoms with E-state index in [0.29, 0.717) is 18.1 Å². The quantitative estimate of drug-likeness (QED) is 0.494. The van der Waals surface area contributed by atoms with Crippen molar-refractivity contribution >= 4 is 5.71 Å². The molecule has 0 amide bonds. The standard InChI is InChI=1S/C23H30N2O4/c1-16-22(24-28-14-8-13-25(2)3)18-9-6-7-10-19(18)29-23(16)17-11-12-20(26-4)21(15-17)27-5/h6-7,9-12,15-16,23H,8,13-14H2,1-5H3/b24-22+. The number of para-hydroxylation sites is 1. The smallest absolute Gasteiger partial charge is 0.161 e. The van der Waals surface area contributed by atoms with Gasteiger partial charge in [-0.1, -0.05) is 30.3 Å². The SMILES string of the molecule is COc1ccc(C2Oc3ccccc3/C(=N/OCCCN(C)C)C2C)cc1OC. The summed E-state index contributed by atoms with van der Waals surface area (Å²) in [6.45, 7) is 3.66. The Morgan fingerprint density at radius 1 is 1.03 bits per heavy atom. The number of benzene rings is 2. The Morgan fingerprint density at radius 2 is 1.79 bits per heavy atom. The summed E-state index contributed by atoms with van der Waals surface area (Å²) in [7, 11) is 7.37. The minimum absolute atomic E-state index is 0.0110. The average molecular weight is 399 g/mol. The summed E-state index contributed by atoms with van der Waals surface area (Å²) >= 11 is 0. The van der Waals surface area contributed by atoms with Gasteiger partial charge in [-0.05, 0) is 50.3 Å². The first-order valence-electron chi connectivity index (χ1n) is 9.87. The van der Waals surface area contributed by atoms with E-state index in [1.165, 1.54) is 0 Å². The molecule has 1 heterocycles. The van der Waals surface area contributed by atoms with Crippen LogP contribution >= 0.6 is 0 Å². The number of methoxy groups -OCH3 is 2. The zero-order chi connectivity index (χ0) is 20.8. The Hall–Kier alpha value is -2.73. The number of fused-ring (bicyclic) bond motifs is 1. The van der Waals surface area contributed by atoms with Crippen molar-refractivity contribution in [3.05, 3.63) is 53.6 Å². The van der Waals surface area contributed by atoms with E-state index in [1.54, 1.807) is 14.2 Å². The first-order valence-corrected chi connectivity index (χ1v) is 9.87. The summed E-state index contributed by atoms with van der Waals surface area (Å²) in [5.74, 6) is 2.19. The second kappa shape index (κ2) is 9.65. The summed E-state index contributed by atoms with van der Waals surface area (Å²) in [5.41, 5.74) is 2.88. The molecule has 29 heavy (non-hydrogen) atoms. The molecule has 156 valence electrons. The highest BCUT2D eigenvalue weighted by Crippen LogP contribution is 2.41. The molecule has 6 heteroatoms. The first-order chi connectivity index (χ1) is 14.0. The van der Waals surface area contributed by atoms with E-state index < -0.39 is 0 Å². The maximum atomic E-state index is 6.35. The molecule has 2 aromatic rings.